The Morgan fingerprint density at radius 1 is 1.30 bits per heavy atom. The van der Waals surface area contributed by atoms with Crippen LogP contribution in [-0.4, -0.2) is 6.04 Å². The molecule has 1 N–H and O–H groups in total. The molecule has 108 valence electrons. The summed E-state index contributed by atoms with van der Waals surface area (Å²) >= 11 is 0. The first kappa shape index (κ1) is 14.6. The number of aryl methyl sites for hydroxylation is 1. The van der Waals surface area contributed by atoms with Gasteiger partial charge in [-0.3, -0.25) is 0 Å². The molecule has 0 bridgehead atoms. The van der Waals surface area contributed by atoms with Gasteiger partial charge >= 0.3 is 0 Å². The number of furan rings is 1. The molecule has 0 radical (unpaired) electrons. The van der Waals surface area contributed by atoms with Crippen molar-refractivity contribution in [3.8, 4) is 5.75 Å². The Hall–Kier alpha value is -1.81. The van der Waals surface area contributed by atoms with Crippen molar-refractivity contribution in [1.29, 1.82) is 0 Å². The van der Waals surface area contributed by atoms with Crippen molar-refractivity contribution in [2.24, 2.45) is 0 Å². The van der Waals surface area contributed by atoms with E-state index in [-0.39, 0.29) is 5.82 Å². The van der Waals surface area contributed by atoms with E-state index in [1.165, 1.54) is 6.07 Å². The number of benzene rings is 1. The lowest BCUT2D eigenvalue weighted by molar-refractivity contribution is 0.267. The average molecular weight is 277 g/mol. The second-order valence-electron chi connectivity index (χ2n) is 5.10. The molecule has 2 rings (SSSR count). The topological polar surface area (TPSA) is 34.4 Å². The maximum atomic E-state index is 13.2. The maximum Gasteiger partial charge on any atom is 0.146 e. The van der Waals surface area contributed by atoms with E-state index in [0.717, 1.165) is 17.9 Å². The molecule has 0 fully saturated rings. The highest BCUT2D eigenvalue weighted by molar-refractivity contribution is 5.29. The van der Waals surface area contributed by atoms with Crippen LogP contribution in [0.1, 0.15) is 30.7 Å². The lowest BCUT2D eigenvalue weighted by atomic mass is 10.2. The molecule has 20 heavy (non-hydrogen) atoms. The molecule has 0 spiro atoms. The normalized spacial score (nSPS) is 11.1. The van der Waals surface area contributed by atoms with Gasteiger partial charge < -0.3 is 14.5 Å². The summed E-state index contributed by atoms with van der Waals surface area (Å²) in [6.45, 7) is 6.99. The largest absolute Gasteiger partial charge is 0.486 e. The fourth-order valence-corrected chi connectivity index (χ4v) is 1.82. The Balaban J connectivity index is 1.96. The molecule has 0 unspecified atom stereocenters. The fourth-order valence-electron chi connectivity index (χ4n) is 1.82. The van der Waals surface area contributed by atoms with Crippen LogP contribution in [0.5, 0.6) is 5.75 Å². The van der Waals surface area contributed by atoms with Crippen molar-refractivity contribution in [1.82, 2.24) is 5.32 Å². The molecule has 0 amide bonds. The van der Waals surface area contributed by atoms with Gasteiger partial charge in [-0.15, -0.1) is 0 Å². The van der Waals surface area contributed by atoms with Crippen LogP contribution in [-0.2, 0) is 13.2 Å². The zero-order chi connectivity index (χ0) is 14.5. The number of hydrogen-bond acceptors (Lipinski definition) is 3. The third-order valence-corrected chi connectivity index (χ3v) is 3.04. The van der Waals surface area contributed by atoms with Gasteiger partial charge in [-0.05, 0) is 36.8 Å². The highest BCUT2D eigenvalue weighted by Crippen LogP contribution is 2.19. The molecular weight excluding hydrogens is 257 g/mol. The minimum absolute atomic E-state index is 0.225. The van der Waals surface area contributed by atoms with E-state index in [9.17, 15) is 4.39 Å². The molecule has 0 saturated carbocycles. The predicted molar refractivity (Wildman–Crippen MR) is 76.2 cm³/mol. The number of hydrogen-bond donors (Lipinski definition) is 1. The summed E-state index contributed by atoms with van der Waals surface area (Å²) < 4.78 is 24.2. The number of ether oxygens (including phenoxy) is 1. The molecular formula is C16H20FNO2. The van der Waals surface area contributed by atoms with Gasteiger partial charge in [0.2, 0.25) is 0 Å². The molecule has 0 aliphatic carbocycles. The second-order valence-corrected chi connectivity index (χ2v) is 5.10. The lowest BCUT2D eigenvalue weighted by Gasteiger charge is -2.09. The molecule has 3 nitrogen and oxygen atoms in total. The van der Waals surface area contributed by atoms with Crippen LogP contribution in [0.4, 0.5) is 4.39 Å². The van der Waals surface area contributed by atoms with Crippen LogP contribution in [0.3, 0.4) is 0 Å². The zero-order valence-electron chi connectivity index (χ0n) is 12.1. The van der Waals surface area contributed by atoms with Crippen LogP contribution < -0.4 is 10.1 Å². The van der Waals surface area contributed by atoms with Gasteiger partial charge in [-0.2, -0.15) is 0 Å². The summed E-state index contributed by atoms with van der Waals surface area (Å²) in [6, 6.07) is 7.07. The van der Waals surface area contributed by atoms with Gasteiger partial charge in [0.25, 0.3) is 0 Å². The zero-order valence-corrected chi connectivity index (χ0v) is 12.1. The molecule has 0 atom stereocenters. The van der Waals surface area contributed by atoms with Gasteiger partial charge in [0.15, 0.2) is 0 Å². The molecule has 2 aromatic rings. The Labute approximate surface area is 118 Å². The average Bonchev–Trinajstić information content (AvgIpc) is 2.85. The van der Waals surface area contributed by atoms with Crippen molar-refractivity contribution < 1.29 is 13.5 Å². The first-order chi connectivity index (χ1) is 9.56. The van der Waals surface area contributed by atoms with Crippen LogP contribution in [0.15, 0.2) is 34.9 Å². The van der Waals surface area contributed by atoms with Crippen molar-refractivity contribution in [2.75, 3.05) is 0 Å². The minimum Gasteiger partial charge on any atom is -0.486 e. The number of rotatable bonds is 6. The second kappa shape index (κ2) is 6.57. The van der Waals surface area contributed by atoms with Crippen LogP contribution in [0, 0.1) is 12.7 Å². The van der Waals surface area contributed by atoms with Gasteiger partial charge in [-0.25, -0.2) is 4.39 Å². The Morgan fingerprint density at radius 2 is 2.10 bits per heavy atom. The van der Waals surface area contributed by atoms with Crippen molar-refractivity contribution in [3.63, 3.8) is 0 Å². The van der Waals surface area contributed by atoms with Crippen LogP contribution in [0.25, 0.3) is 0 Å². The van der Waals surface area contributed by atoms with Gasteiger partial charge in [-0.1, -0.05) is 13.8 Å². The summed E-state index contributed by atoms with van der Waals surface area (Å²) in [7, 11) is 0. The standard InChI is InChI=1S/C16H20FNO2/c1-11(2)18-9-13-6-7-19-16(13)10-20-14-4-5-15(17)12(3)8-14/h4-8,11,18H,9-10H2,1-3H3. The van der Waals surface area contributed by atoms with Gasteiger partial charge in [0.1, 0.15) is 23.9 Å². The first-order valence-electron chi connectivity index (χ1n) is 6.74. The van der Waals surface area contributed by atoms with E-state index in [0.29, 0.717) is 24.0 Å². The predicted octanol–water partition coefficient (Wildman–Crippen LogP) is 3.80. The summed E-state index contributed by atoms with van der Waals surface area (Å²) in [6.07, 6.45) is 1.66. The van der Waals surface area contributed by atoms with E-state index in [4.69, 9.17) is 9.15 Å². The van der Waals surface area contributed by atoms with Crippen molar-refractivity contribution >= 4 is 0 Å². The van der Waals surface area contributed by atoms with E-state index in [1.807, 2.05) is 6.07 Å². The van der Waals surface area contributed by atoms with Crippen LogP contribution in [0.2, 0.25) is 0 Å². The Kier molecular flexibility index (Phi) is 4.79. The first-order valence-corrected chi connectivity index (χ1v) is 6.74. The summed E-state index contributed by atoms with van der Waals surface area (Å²) in [5.41, 5.74) is 1.65. The van der Waals surface area contributed by atoms with Crippen LogP contribution >= 0.6 is 0 Å². The molecule has 1 aromatic carbocycles. The van der Waals surface area contributed by atoms with Gasteiger partial charge in [0, 0.05) is 18.2 Å². The summed E-state index contributed by atoms with van der Waals surface area (Å²) in [4.78, 5) is 0. The van der Waals surface area contributed by atoms with Crippen molar-refractivity contribution in [3.05, 3.63) is 53.2 Å². The van der Waals surface area contributed by atoms with E-state index in [1.54, 1.807) is 25.3 Å². The van der Waals surface area contributed by atoms with E-state index < -0.39 is 0 Å². The Morgan fingerprint density at radius 3 is 2.80 bits per heavy atom. The number of halogens is 1. The highest BCUT2D eigenvalue weighted by atomic mass is 19.1. The summed E-state index contributed by atoms with van der Waals surface area (Å²) in [5, 5.41) is 3.34. The smallest absolute Gasteiger partial charge is 0.146 e. The molecule has 0 aliphatic rings. The minimum atomic E-state index is -0.225. The molecule has 1 aromatic heterocycles. The SMILES string of the molecule is Cc1cc(OCc2occc2CNC(C)C)ccc1F. The highest BCUT2D eigenvalue weighted by Gasteiger charge is 2.08. The quantitative estimate of drug-likeness (QED) is 0.872. The van der Waals surface area contributed by atoms with Crippen molar-refractivity contribution in [2.45, 2.75) is 40.0 Å². The maximum absolute atomic E-state index is 13.2. The van der Waals surface area contributed by atoms with Gasteiger partial charge in [0.05, 0.1) is 6.26 Å². The molecule has 4 heteroatoms. The Bertz CT molecular complexity index is 563. The van der Waals surface area contributed by atoms with E-state index >= 15 is 0 Å². The molecule has 0 saturated heterocycles. The lowest BCUT2D eigenvalue weighted by Crippen LogP contribution is -2.22. The molecule has 0 aliphatic heterocycles. The third kappa shape index (κ3) is 3.84. The summed E-state index contributed by atoms with van der Waals surface area (Å²) in [5.74, 6) is 1.21. The third-order valence-electron chi connectivity index (χ3n) is 3.04. The molecule has 1 heterocycles. The number of nitrogens with one attached hydrogen (secondary N) is 1. The fraction of sp³-hybridized carbons (Fsp3) is 0.375. The van der Waals surface area contributed by atoms with E-state index in [2.05, 4.69) is 19.2 Å². The monoisotopic (exact) mass is 277 g/mol.